The Balaban J connectivity index is 0.000000151. The number of carbonyl (C=O) groups excluding carboxylic acids is 1. The molecule has 0 aromatic carbocycles. The Morgan fingerprint density at radius 3 is 2.80 bits per heavy atom. The summed E-state index contributed by atoms with van der Waals surface area (Å²) in [5.74, 6) is -0.00722. The summed E-state index contributed by atoms with van der Waals surface area (Å²) in [5, 5.41) is 9.15. The fourth-order valence-electron chi connectivity index (χ4n) is 2.83. The minimum atomic E-state index is -0.203. The van der Waals surface area contributed by atoms with Crippen LogP contribution in [0, 0.1) is 11.3 Å². The Kier molecular flexibility index (Phi) is 5.04. The highest BCUT2D eigenvalue weighted by molar-refractivity contribution is 5.99. The van der Waals surface area contributed by atoms with Crippen molar-refractivity contribution >= 4 is 28.0 Å². The second-order valence-electron chi connectivity index (χ2n) is 5.78. The van der Waals surface area contributed by atoms with Crippen LogP contribution in [0.25, 0.3) is 22.1 Å². The second kappa shape index (κ2) is 7.57. The summed E-state index contributed by atoms with van der Waals surface area (Å²) in [7, 11) is 0. The van der Waals surface area contributed by atoms with E-state index in [1.165, 1.54) is 12.6 Å². The molecule has 0 saturated carbocycles. The molecule has 3 aromatic heterocycles. The molecular formula is C17H18N6O2. The molecule has 128 valence electrons. The fraction of sp³-hybridized carbons (Fsp3) is 0.353. The van der Waals surface area contributed by atoms with Crippen molar-refractivity contribution in [2.45, 2.75) is 25.7 Å². The maximum absolute atomic E-state index is 11.1. The number of hydrogen-bond donors (Lipinski definition) is 2. The van der Waals surface area contributed by atoms with Gasteiger partial charge in [-0.25, -0.2) is 9.97 Å². The molecule has 4 rings (SSSR count). The molecule has 1 aliphatic rings. The number of nitriles is 1. The molecular weight excluding hydrogens is 320 g/mol. The molecule has 1 fully saturated rings. The molecule has 0 bridgehead atoms. The molecule has 0 aliphatic carbocycles. The second-order valence-corrected chi connectivity index (χ2v) is 5.78. The molecule has 1 saturated heterocycles. The number of rotatable bonds is 1. The van der Waals surface area contributed by atoms with E-state index in [4.69, 9.17) is 5.26 Å². The Morgan fingerprint density at radius 2 is 2.04 bits per heavy atom. The number of fused-ring (bicyclic) bond motifs is 3. The normalized spacial score (nSPS) is 14.0. The number of nitrogens with zero attached hydrogens (tertiary/aromatic N) is 4. The summed E-state index contributed by atoms with van der Waals surface area (Å²) >= 11 is 0. The molecule has 4 heterocycles. The minimum absolute atomic E-state index is 0.00722. The van der Waals surface area contributed by atoms with Gasteiger partial charge in [0.2, 0.25) is 5.91 Å². The Labute approximate surface area is 143 Å². The average molecular weight is 338 g/mol. The van der Waals surface area contributed by atoms with Gasteiger partial charge in [0, 0.05) is 24.7 Å². The van der Waals surface area contributed by atoms with E-state index in [1.807, 2.05) is 12.1 Å². The van der Waals surface area contributed by atoms with Crippen LogP contribution in [0.5, 0.6) is 0 Å². The number of hydrogen-bond acceptors (Lipinski definition) is 5. The van der Waals surface area contributed by atoms with Crippen LogP contribution < -0.4 is 5.56 Å². The van der Waals surface area contributed by atoms with Gasteiger partial charge in [-0.1, -0.05) is 0 Å². The molecule has 0 radical (unpaired) electrons. The zero-order valence-electron chi connectivity index (χ0n) is 13.7. The summed E-state index contributed by atoms with van der Waals surface area (Å²) in [6.45, 7) is 1.70. The lowest BCUT2D eigenvalue weighted by atomic mass is 10.1. The lowest BCUT2D eigenvalue weighted by molar-refractivity contribution is -0.130. The zero-order valence-corrected chi connectivity index (χ0v) is 13.7. The van der Waals surface area contributed by atoms with Gasteiger partial charge in [0.15, 0.2) is 0 Å². The van der Waals surface area contributed by atoms with E-state index in [0.29, 0.717) is 5.52 Å². The van der Waals surface area contributed by atoms with Gasteiger partial charge < -0.3 is 14.9 Å². The molecule has 25 heavy (non-hydrogen) atoms. The lowest BCUT2D eigenvalue weighted by Crippen LogP contribution is -2.35. The molecule has 0 spiro atoms. The summed E-state index contributed by atoms with van der Waals surface area (Å²) in [6.07, 6.45) is 8.11. The van der Waals surface area contributed by atoms with Crippen molar-refractivity contribution in [3.05, 3.63) is 35.0 Å². The number of nitrogens with one attached hydrogen (secondary N) is 2. The highest BCUT2D eigenvalue weighted by Crippen LogP contribution is 2.17. The van der Waals surface area contributed by atoms with Crippen LogP contribution in [-0.2, 0) is 4.79 Å². The summed E-state index contributed by atoms with van der Waals surface area (Å²) in [4.78, 5) is 37.8. The van der Waals surface area contributed by atoms with Crippen molar-refractivity contribution in [3.63, 3.8) is 0 Å². The first-order valence-corrected chi connectivity index (χ1v) is 8.15. The average Bonchev–Trinajstić information content (AvgIpc) is 3.12. The monoisotopic (exact) mass is 338 g/mol. The highest BCUT2D eigenvalue weighted by atomic mass is 16.2. The molecule has 0 unspecified atom stereocenters. The first-order valence-electron chi connectivity index (χ1n) is 8.15. The van der Waals surface area contributed by atoms with Crippen LogP contribution in [0.3, 0.4) is 0 Å². The summed E-state index contributed by atoms with van der Waals surface area (Å²) in [5.41, 5.74) is 1.97. The van der Waals surface area contributed by atoms with Crippen molar-refractivity contribution in [1.82, 2.24) is 24.8 Å². The molecule has 2 N–H and O–H groups in total. The Hall–Kier alpha value is -3.21. The van der Waals surface area contributed by atoms with Gasteiger partial charge in [0.25, 0.3) is 5.56 Å². The quantitative estimate of drug-likeness (QED) is 0.700. The first-order chi connectivity index (χ1) is 12.2. The number of aromatic nitrogens is 4. The number of amides is 1. The lowest BCUT2D eigenvalue weighted by Gasteiger charge is -2.25. The third-order valence-corrected chi connectivity index (χ3v) is 4.07. The van der Waals surface area contributed by atoms with E-state index in [0.717, 1.165) is 42.5 Å². The van der Waals surface area contributed by atoms with Crippen molar-refractivity contribution in [2.24, 2.45) is 0 Å². The van der Waals surface area contributed by atoms with Gasteiger partial charge in [0.1, 0.15) is 17.6 Å². The van der Waals surface area contributed by atoms with Crippen molar-refractivity contribution in [1.29, 1.82) is 5.26 Å². The van der Waals surface area contributed by atoms with E-state index in [2.05, 4.69) is 19.9 Å². The third kappa shape index (κ3) is 3.83. The van der Waals surface area contributed by atoms with E-state index < -0.39 is 0 Å². The number of H-pyrrole nitrogens is 2. The first kappa shape index (κ1) is 16.6. The number of carbonyl (C=O) groups is 1. The number of piperidine rings is 1. The van der Waals surface area contributed by atoms with Gasteiger partial charge in [-0.05, 0) is 25.3 Å². The van der Waals surface area contributed by atoms with Gasteiger partial charge in [0.05, 0.1) is 24.0 Å². The molecule has 8 nitrogen and oxygen atoms in total. The smallest absolute Gasteiger partial charge is 0.266 e. The Bertz CT molecular complexity index is 978. The molecule has 3 aromatic rings. The van der Waals surface area contributed by atoms with Gasteiger partial charge in [-0.3, -0.25) is 9.59 Å². The van der Waals surface area contributed by atoms with Crippen LogP contribution in [0.4, 0.5) is 0 Å². The van der Waals surface area contributed by atoms with Crippen LogP contribution in [0.1, 0.15) is 25.7 Å². The van der Waals surface area contributed by atoms with Crippen LogP contribution >= 0.6 is 0 Å². The SMILES string of the molecule is N#CCC(=O)N1CCCCC1.O=c1cnc2cnc3[nH]ccc3c2[nH]1. The number of aromatic amines is 2. The van der Waals surface area contributed by atoms with Crippen LogP contribution in [0.15, 0.2) is 29.5 Å². The largest absolute Gasteiger partial charge is 0.346 e. The van der Waals surface area contributed by atoms with E-state index in [9.17, 15) is 9.59 Å². The number of pyridine rings is 1. The topological polar surface area (TPSA) is 119 Å². The molecule has 8 heteroatoms. The summed E-state index contributed by atoms with van der Waals surface area (Å²) in [6, 6.07) is 3.74. The third-order valence-electron chi connectivity index (χ3n) is 4.07. The number of likely N-dealkylation sites (tertiary alicyclic amines) is 1. The maximum Gasteiger partial charge on any atom is 0.266 e. The molecule has 0 atom stereocenters. The van der Waals surface area contributed by atoms with E-state index in [-0.39, 0.29) is 17.9 Å². The van der Waals surface area contributed by atoms with Crippen molar-refractivity contribution < 1.29 is 4.79 Å². The van der Waals surface area contributed by atoms with Crippen molar-refractivity contribution in [2.75, 3.05) is 13.1 Å². The molecule has 1 aliphatic heterocycles. The maximum atomic E-state index is 11.1. The van der Waals surface area contributed by atoms with E-state index >= 15 is 0 Å². The predicted octanol–water partition coefficient (Wildman–Crippen LogP) is 1.71. The van der Waals surface area contributed by atoms with E-state index in [1.54, 1.807) is 17.3 Å². The van der Waals surface area contributed by atoms with Gasteiger partial charge in [-0.15, -0.1) is 0 Å². The molecule has 1 amide bonds. The standard InChI is InChI=1S/C9H6N4O.C8H12N2O/c14-7-4-11-6-3-12-9-5(1-2-10-9)8(6)13-7;9-5-4-8(11)10-6-2-1-3-7-10/h1-4H,(H,10,12)(H,13,14);1-4,6-7H2. The Morgan fingerprint density at radius 1 is 1.24 bits per heavy atom. The predicted molar refractivity (Wildman–Crippen MR) is 92.7 cm³/mol. The summed E-state index contributed by atoms with van der Waals surface area (Å²) < 4.78 is 0. The zero-order chi connectivity index (χ0) is 17.6. The van der Waals surface area contributed by atoms with Crippen LogP contribution in [-0.4, -0.2) is 43.8 Å². The van der Waals surface area contributed by atoms with Gasteiger partial charge in [-0.2, -0.15) is 5.26 Å². The minimum Gasteiger partial charge on any atom is -0.346 e. The van der Waals surface area contributed by atoms with Gasteiger partial charge >= 0.3 is 0 Å². The highest BCUT2D eigenvalue weighted by Gasteiger charge is 2.15. The van der Waals surface area contributed by atoms with Crippen molar-refractivity contribution in [3.8, 4) is 6.07 Å². The van der Waals surface area contributed by atoms with Crippen LogP contribution in [0.2, 0.25) is 0 Å². The fourth-order valence-corrected chi connectivity index (χ4v) is 2.83.